The van der Waals surface area contributed by atoms with E-state index in [0.29, 0.717) is 12.0 Å². The van der Waals surface area contributed by atoms with Gasteiger partial charge < -0.3 is 11.1 Å². The molecule has 0 aliphatic heterocycles. The highest BCUT2D eigenvalue weighted by Gasteiger charge is 2.23. The van der Waals surface area contributed by atoms with Gasteiger partial charge in [-0.1, -0.05) is 6.42 Å². The van der Waals surface area contributed by atoms with Gasteiger partial charge in [0.1, 0.15) is 0 Å². The van der Waals surface area contributed by atoms with Crippen molar-refractivity contribution in [3.05, 3.63) is 11.6 Å². The molecule has 3 nitrogen and oxygen atoms in total. The smallest absolute Gasteiger partial charge is 0.182 e. The van der Waals surface area contributed by atoms with E-state index in [9.17, 15) is 0 Å². The standard InChI is InChI=1S/C9H15N3S/c10-8-3-1-2-7(8)6-12-9-11-4-5-13-9/h4-5,7-8H,1-3,6,10H2,(H,11,12). The van der Waals surface area contributed by atoms with Crippen LogP contribution in [0.4, 0.5) is 5.13 Å². The van der Waals surface area contributed by atoms with Gasteiger partial charge in [0.25, 0.3) is 0 Å². The molecule has 2 unspecified atom stereocenters. The zero-order valence-corrected chi connectivity index (χ0v) is 8.39. The van der Waals surface area contributed by atoms with Gasteiger partial charge in [-0.2, -0.15) is 0 Å². The molecule has 1 fully saturated rings. The highest BCUT2D eigenvalue weighted by atomic mass is 32.1. The minimum Gasteiger partial charge on any atom is -0.361 e. The Balaban J connectivity index is 1.79. The Kier molecular flexibility index (Phi) is 2.80. The van der Waals surface area contributed by atoms with E-state index in [1.165, 1.54) is 19.3 Å². The van der Waals surface area contributed by atoms with E-state index >= 15 is 0 Å². The summed E-state index contributed by atoms with van der Waals surface area (Å²) in [6, 6.07) is 0.396. The Morgan fingerprint density at radius 2 is 2.54 bits per heavy atom. The molecule has 0 spiro atoms. The van der Waals surface area contributed by atoms with Crippen LogP contribution in [0.3, 0.4) is 0 Å². The van der Waals surface area contributed by atoms with Gasteiger partial charge in [-0.25, -0.2) is 4.98 Å². The molecule has 1 aliphatic carbocycles. The monoisotopic (exact) mass is 197 g/mol. The van der Waals surface area contributed by atoms with E-state index in [1.54, 1.807) is 11.3 Å². The Morgan fingerprint density at radius 3 is 3.15 bits per heavy atom. The van der Waals surface area contributed by atoms with E-state index < -0.39 is 0 Å². The van der Waals surface area contributed by atoms with Gasteiger partial charge in [0.05, 0.1) is 0 Å². The molecular weight excluding hydrogens is 182 g/mol. The van der Waals surface area contributed by atoms with Crippen molar-refractivity contribution in [1.82, 2.24) is 4.98 Å². The highest BCUT2D eigenvalue weighted by Crippen LogP contribution is 2.24. The molecule has 4 heteroatoms. The molecule has 0 amide bonds. The molecule has 1 saturated carbocycles. The predicted molar refractivity (Wildman–Crippen MR) is 55.9 cm³/mol. The van der Waals surface area contributed by atoms with Crippen LogP contribution in [0.15, 0.2) is 11.6 Å². The second-order valence-electron chi connectivity index (χ2n) is 3.57. The zero-order valence-electron chi connectivity index (χ0n) is 7.57. The SMILES string of the molecule is NC1CCCC1CNc1nccs1. The van der Waals surface area contributed by atoms with Gasteiger partial charge in [0, 0.05) is 24.2 Å². The normalized spacial score (nSPS) is 27.8. The molecule has 0 bridgehead atoms. The minimum absolute atomic E-state index is 0.396. The molecular formula is C9H15N3S. The van der Waals surface area contributed by atoms with Crippen LogP contribution in [0, 0.1) is 5.92 Å². The Morgan fingerprint density at radius 1 is 1.62 bits per heavy atom. The Hall–Kier alpha value is -0.610. The molecule has 72 valence electrons. The number of hydrogen-bond acceptors (Lipinski definition) is 4. The lowest BCUT2D eigenvalue weighted by atomic mass is 10.1. The summed E-state index contributed by atoms with van der Waals surface area (Å²) in [4.78, 5) is 4.17. The second-order valence-corrected chi connectivity index (χ2v) is 4.47. The summed E-state index contributed by atoms with van der Waals surface area (Å²) in [5.41, 5.74) is 5.96. The first-order valence-electron chi connectivity index (χ1n) is 4.75. The third-order valence-corrected chi connectivity index (χ3v) is 3.40. The number of nitrogens with zero attached hydrogens (tertiary/aromatic N) is 1. The molecule has 13 heavy (non-hydrogen) atoms. The first-order valence-corrected chi connectivity index (χ1v) is 5.63. The molecule has 3 N–H and O–H groups in total. The van der Waals surface area contributed by atoms with Gasteiger partial charge in [-0.3, -0.25) is 0 Å². The molecule has 0 radical (unpaired) electrons. The number of thiazole rings is 1. The summed E-state index contributed by atoms with van der Waals surface area (Å²) >= 11 is 1.64. The minimum atomic E-state index is 0.396. The second kappa shape index (κ2) is 4.07. The van der Waals surface area contributed by atoms with Crippen LogP contribution >= 0.6 is 11.3 Å². The van der Waals surface area contributed by atoms with Crippen molar-refractivity contribution in [1.29, 1.82) is 0 Å². The largest absolute Gasteiger partial charge is 0.361 e. The van der Waals surface area contributed by atoms with Gasteiger partial charge in [0.15, 0.2) is 5.13 Å². The van der Waals surface area contributed by atoms with Gasteiger partial charge >= 0.3 is 0 Å². The number of anilines is 1. The third kappa shape index (κ3) is 2.19. The van der Waals surface area contributed by atoms with Crippen LogP contribution in [0.1, 0.15) is 19.3 Å². The van der Waals surface area contributed by atoms with Gasteiger partial charge in [-0.15, -0.1) is 11.3 Å². The lowest BCUT2D eigenvalue weighted by Crippen LogP contribution is -2.29. The maximum absolute atomic E-state index is 5.96. The number of hydrogen-bond donors (Lipinski definition) is 2. The molecule has 2 atom stereocenters. The topological polar surface area (TPSA) is 50.9 Å². The van der Waals surface area contributed by atoms with E-state index in [2.05, 4.69) is 10.3 Å². The van der Waals surface area contributed by atoms with Crippen LogP contribution in [-0.4, -0.2) is 17.6 Å². The maximum Gasteiger partial charge on any atom is 0.182 e. The molecule has 0 aromatic carbocycles. The molecule has 1 aromatic rings. The molecule has 1 aliphatic rings. The lowest BCUT2D eigenvalue weighted by Gasteiger charge is -2.14. The predicted octanol–water partition coefficient (Wildman–Crippen LogP) is 1.68. The summed E-state index contributed by atoms with van der Waals surface area (Å²) in [6.45, 7) is 0.981. The number of nitrogens with two attached hydrogens (primary N) is 1. The van der Waals surface area contributed by atoms with Crippen LogP contribution in [0.2, 0.25) is 0 Å². The fourth-order valence-electron chi connectivity index (χ4n) is 1.85. The quantitative estimate of drug-likeness (QED) is 0.775. The van der Waals surface area contributed by atoms with Gasteiger partial charge in [-0.05, 0) is 18.8 Å². The third-order valence-electron chi connectivity index (χ3n) is 2.67. The van der Waals surface area contributed by atoms with E-state index in [4.69, 9.17) is 5.73 Å². The Labute approximate surface area is 82.4 Å². The average Bonchev–Trinajstić information content (AvgIpc) is 2.72. The van der Waals surface area contributed by atoms with Crippen molar-refractivity contribution in [2.75, 3.05) is 11.9 Å². The molecule has 1 aromatic heterocycles. The summed E-state index contributed by atoms with van der Waals surface area (Å²) in [5, 5.41) is 6.32. The number of nitrogens with one attached hydrogen (secondary N) is 1. The van der Waals surface area contributed by atoms with E-state index in [1.807, 2.05) is 11.6 Å². The molecule has 1 heterocycles. The van der Waals surface area contributed by atoms with Crippen molar-refractivity contribution in [2.24, 2.45) is 11.7 Å². The number of rotatable bonds is 3. The Bertz CT molecular complexity index is 247. The maximum atomic E-state index is 5.96. The fraction of sp³-hybridized carbons (Fsp3) is 0.667. The summed E-state index contributed by atoms with van der Waals surface area (Å²) in [7, 11) is 0. The van der Waals surface area contributed by atoms with Crippen LogP contribution in [0.25, 0.3) is 0 Å². The van der Waals surface area contributed by atoms with E-state index in [-0.39, 0.29) is 0 Å². The zero-order chi connectivity index (χ0) is 9.10. The van der Waals surface area contributed by atoms with Crippen molar-refractivity contribution in [3.63, 3.8) is 0 Å². The first kappa shape index (κ1) is 8.97. The molecule has 2 rings (SSSR count). The van der Waals surface area contributed by atoms with Crippen LogP contribution in [-0.2, 0) is 0 Å². The van der Waals surface area contributed by atoms with Crippen LogP contribution < -0.4 is 11.1 Å². The van der Waals surface area contributed by atoms with Crippen molar-refractivity contribution in [2.45, 2.75) is 25.3 Å². The highest BCUT2D eigenvalue weighted by molar-refractivity contribution is 7.13. The van der Waals surface area contributed by atoms with Crippen molar-refractivity contribution >= 4 is 16.5 Å². The summed E-state index contributed by atoms with van der Waals surface area (Å²) in [5.74, 6) is 0.642. The molecule has 0 saturated heterocycles. The average molecular weight is 197 g/mol. The summed E-state index contributed by atoms with van der Waals surface area (Å²) in [6.07, 6.45) is 5.55. The fourth-order valence-corrected chi connectivity index (χ4v) is 2.39. The summed E-state index contributed by atoms with van der Waals surface area (Å²) < 4.78 is 0. The lowest BCUT2D eigenvalue weighted by molar-refractivity contribution is 0.505. The van der Waals surface area contributed by atoms with Crippen molar-refractivity contribution in [3.8, 4) is 0 Å². The first-order chi connectivity index (χ1) is 6.36. The van der Waals surface area contributed by atoms with Crippen LogP contribution in [0.5, 0.6) is 0 Å². The van der Waals surface area contributed by atoms with Crippen molar-refractivity contribution < 1.29 is 0 Å². The number of aromatic nitrogens is 1. The van der Waals surface area contributed by atoms with Gasteiger partial charge in [0.2, 0.25) is 0 Å². The van der Waals surface area contributed by atoms with E-state index in [0.717, 1.165) is 11.7 Å².